The lowest BCUT2D eigenvalue weighted by molar-refractivity contribution is -0.140. The molecule has 108 valence electrons. The lowest BCUT2D eigenvalue weighted by Gasteiger charge is -2.22. The van der Waals surface area contributed by atoms with Crippen LogP contribution in [0.25, 0.3) is 10.9 Å². The van der Waals surface area contributed by atoms with Crippen LogP contribution in [0.3, 0.4) is 0 Å². The second-order valence-electron chi connectivity index (χ2n) is 4.31. The number of fused-ring (bicyclic) bond motifs is 1. The van der Waals surface area contributed by atoms with E-state index in [9.17, 15) is 4.79 Å². The summed E-state index contributed by atoms with van der Waals surface area (Å²) < 4.78 is 14.3. The molecular weight excluding hydrogens is 276 g/mol. The van der Waals surface area contributed by atoms with Crippen LogP contribution in [-0.4, -0.2) is 44.3 Å². The number of nitrogens with zero attached hydrogens (tertiary/aromatic N) is 2. The number of ether oxygens (including phenoxy) is 2. The van der Waals surface area contributed by atoms with Crippen molar-refractivity contribution in [2.75, 3.05) is 38.8 Å². The minimum absolute atomic E-state index is 0.207. The molecule has 6 heteroatoms. The fraction of sp³-hybridized carbons (Fsp3) is 0.429. The summed E-state index contributed by atoms with van der Waals surface area (Å²) in [7, 11) is 3.08. The SMILES string of the molecule is COCCN(CCC(=O)OC)c1snc2ccccc12. The van der Waals surface area contributed by atoms with E-state index in [1.165, 1.54) is 18.6 Å². The van der Waals surface area contributed by atoms with Gasteiger partial charge in [0.1, 0.15) is 5.00 Å². The van der Waals surface area contributed by atoms with E-state index >= 15 is 0 Å². The van der Waals surface area contributed by atoms with Gasteiger partial charge in [-0.2, -0.15) is 4.37 Å². The quantitative estimate of drug-likeness (QED) is 0.734. The Morgan fingerprint density at radius 1 is 1.30 bits per heavy atom. The number of esters is 1. The summed E-state index contributed by atoms with van der Waals surface area (Å²) >= 11 is 1.45. The fourth-order valence-electron chi connectivity index (χ4n) is 1.95. The number of rotatable bonds is 7. The zero-order valence-electron chi connectivity index (χ0n) is 11.7. The van der Waals surface area contributed by atoms with Gasteiger partial charge < -0.3 is 14.4 Å². The van der Waals surface area contributed by atoms with Gasteiger partial charge in [0.25, 0.3) is 0 Å². The number of anilines is 1. The van der Waals surface area contributed by atoms with Crippen LogP contribution >= 0.6 is 11.5 Å². The van der Waals surface area contributed by atoms with Crippen molar-refractivity contribution in [1.29, 1.82) is 0 Å². The van der Waals surface area contributed by atoms with Crippen molar-refractivity contribution in [3.05, 3.63) is 24.3 Å². The summed E-state index contributed by atoms with van der Waals surface area (Å²) in [6.45, 7) is 1.93. The number of aromatic nitrogens is 1. The number of carbonyl (C=O) groups excluding carboxylic acids is 1. The zero-order chi connectivity index (χ0) is 14.4. The molecule has 0 aliphatic heterocycles. The van der Waals surface area contributed by atoms with Crippen LogP contribution in [-0.2, 0) is 14.3 Å². The van der Waals surface area contributed by atoms with Crippen molar-refractivity contribution in [2.24, 2.45) is 0 Å². The number of carbonyl (C=O) groups is 1. The van der Waals surface area contributed by atoms with Crippen molar-refractivity contribution in [3.63, 3.8) is 0 Å². The first-order valence-corrected chi connectivity index (χ1v) is 7.18. The summed E-state index contributed by atoms with van der Waals surface area (Å²) in [5, 5.41) is 2.18. The van der Waals surface area contributed by atoms with Crippen LogP contribution in [0.1, 0.15) is 6.42 Å². The molecule has 0 saturated carbocycles. The van der Waals surface area contributed by atoms with Gasteiger partial charge >= 0.3 is 5.97 Å². The first-order chi connectivity index (χ1) is 9.76. The van der Waals surface area contributed by atoms with Crippen LogP contribution in [0.2, 0.25) is 0 Å². The van der Waals surface area contributed by atoms with Crippen LogP contribution in [0.5, 0.6) is 0 Å². The Bertz CT molecular complexity index is 570. The summed E-state index contributed by atoms with van der Waals surface area (Å²) in [6.07, 6.45) is 0.354. The molecule has 0 spiro atoms. The van der Waals surface area contributed by atoms with E-state index in [0.717, 1.165) is 22.4 Å². The maximum Gasteiger partial charge on any atom is 0.307 e. The first kappa shape index (κ1) is 14.7. The Labute approximate surface area is 122 Å². The van der Waals surface area contributed by atoms with Gasteiger partial charge in [0.2, 0.25) is 0 Å². The molecule has 1 heterocycles. The van der Waals surface area contributed by atoms with Gasteiger partial charge in [-0.1, -0.05) is 12.1 Å². The molecule has 0 saturated heterocycles. The van der Waals surface area contributed by atoms with Crippen LogP contribution < -0.4 is 4.90 Å². The summed E-state index contributed by atoms with van der Waals surface area (Å²) in [4.78, 5) is 13.5. The average molecular weight is 294 g/mol. The summed E-state index contributed by atoms with van der Waals surface area (Å²) in [6, 6.07) is 8.01. The highest BCUT2D eigenvalue weighted by atomic mass is 32.1. The van der Waals surface area contributed by atoms with Crippen molar-refractivity contribution in [1.82, 2.24) is 4.37 Å². The van der Waals surface area contributed by atoms with Gasteiger partial charge in [0.15, 0.2) is 0 Å². The van der Waals surface area contributed by atoms with E-state index in [0.29, 0.717) is 19.6 Å². The topological polar surface area (TPSA) is 51.7 Å². The van der Waals surface area contributed by atoms with Crippen molar-refractivity contribution in [2.45, 2.75) is 6.42 Å². The molecule has 0 fully saturated rings. The molecule has 0 N–H and O–H groups in total. The van der Waals surface area contributed by atoms with Crippen molar-refractivity contribution >= 4 is 33.4 Å². The number of hydrogen-bond donors (Lipinski definition) is 0. The minimum Gasteiger partial charge on any atom is -0.469 e. The molecule has 0 aliphatic carbocycles. The third-order valence-electron chi connectivity index (χ3n) is 3.03. The highest BCUT2D eigenvalue weighted by Gasteiger charge is 2.15. The van der Waals surface area contributed by atoms with Crippen LogP contribution in [0, 0.1) is 0 Å². The van der Waals surface area contributed by atoms with E-state index in [1.807, 2.05) is 24.3 Å². The monoisotopic (exact) mass is 294 g/mol. The molecular formula is C14H18N2O3S. The standard InChI is InChI=1S/C14H18N2O3S/c1-18-10-9-16(8-7-13(17)19-2)14-11-5-3-4-6-12(11)15-20-14/h3-6H,7-10H2,1-2H3. The number of hydrogen-bond acceptors (Lipinski definition) is 6. The molecule has 2 aromatic rings. The largest absolute Gasteiger partial charge is 0.469 e. The third kappa shape index (κ3) is 3.46. The van der Waals surface area contributed by atoms with E-state index in [1.54, 1.807) is 7.11 Å². The van der Waals surface area contributed by atoms with E-state index in [4.69, 9.17) is 9.47 Å². The Kier molecular flexibility index (Phi) is 5.31. The average Bonchev–Trinajstić information content (AvgIpc) is 2.91. The molecule has 2 rings (SSSR count). The van der Waals surface area contributed by atoms with Crippen LogP contribution in [0.4, 0.5) is 5.00 Å². The Morgan fingerprint density at radius 3 is 2.85 bits per heavy atom. The predicted octanol–water partition coefficient (Wildman–Crippen LogP) is 2.31. The smallest absolute Gasteiger partial charge is 0.307 e. The molecule has 1 aromatic carbocycles. The summed E-state index contributed by atoms with van der Waals surface area (Å²) in [5.74, 6) is -0.207. The van der Waals surface area contributed by atoms with Gasteiger partial charge in [0.05, 0.1) is 25.7 Å². The molecule has 0 bridgehead atoms. The third-order valence-corrected chi connectivity index (χ3v) is 3.97. The Balaban J connectivity index is 2.18. The fourth-order valence-corrected chi connectivity index (χ4v) is 2.86. The van der Waals surface area contributed by atoms with Crippen molar-refractivity contribution < 1.29 is 14.3 Å². The van der Waals surface area contributed by atoms with Crippen LogP contribution in [0.15, 0.2) is 24.3 Å². The van der Waals surface area contributed by atoms with Gasteiger partial charge in [0, 0.05) is 25.6 Å². The maximum absolute atomic E-state index is 11.3. The predicted molar refractivity (Wildman–Crippen MR) is 80.3 cm³/mol. The Morgan fingerprint density at radius 2 is 2.10 bits per heavy atom. The van der Waals surface area contributed by atoms with Gasteiger partial charge in [-0.15, -0.1) is 0 Å². The maximum atomic E-state index is 11.3. The molecule has 0 atom stereocenters. The van der Waals surface area contributed by atoms with E-state index in [2.05, 4.69) is 9.27 Å². The normalized spacial score (nSPS) is 10.7. The second kappa shape index (κ2) is 7.21. The highest BCUT2D eigenvalue weighted by molar-refractivity contribution is 7.11. The highest BCUT2D eigenvalue weighted by Crippen LogP contribution is 2.31. The molecule has 5 nitrogen and oxygen atoms in total. The molecule has 20 heavy (non-hydrogen) atoms. The number of methoxy groups -OCH3 is 2. The van der Waals surface area contributed by atoms with Gasteiger partial charge in [-0.25, -0.2) is 0 Å². The Hall–Kier alpha value is -1.66. The minimum atomic E-state index is -0.207. The summed E-state index contributed by atoms with van der Waals surface area (Å²) in [5.41, 5.74) is 0.980. The van der Waals surface area contributed by atoms with Gasteiger partial charge in [-0.05, 0) is 23.7 Å². The van der Waals surface area contributed by atoms with Crippen molar-refractivity contribution in [3.8, 4) is 0 Å². The molecule has 0 unspecified atom stereocenters. The van der Waals surface area contributed by atoms with Gasteiger partial charge in [-0.3, -0.25) is 4.79 Å². The van der Waals surface area contributed by atoms with E-state index in [-0.39, 0.29) is 5.97 Å². The molecule has 1 aromatic heterocycles. The lowest BCUT2D eigenvalue weighted by Crippen LogP contribution is -2.29. The lowest BCUT2D eigenvalue weighted by atomic mass is 10.2. The molecule has 0 radical (unpaired) electrons. The first-order valence-electron chi connectivity index (χ1n) is 6.41. The molecule has 0 aliphatic rings. The second-order valence-corrected chi connectivity index (χ2v) is 5.06. The zero-order valence-corrected chi connectivity index (χ0v) is 12.5. The van der Waals surface area contributed by atoms with E-state index < -0.39 is 0 Å². The molecule has 0 amide bonds. The number of benzene rings is 1.